The van der Waals surface area contributed by atoms with Crippen molar-refractivity contribution in [2.45, 2.75) is 31.1 Å². The van der Waals surface area contributed by atoms with Gasteiger partial charge >= 0.3 is 0 Å². The Balaban J connectivity index is 0.00000132. The first-order valence-corrected chi connectivity index (χ1v) is 8.51. The highest BCUT2D eigenvalue weighted by molar-refractivity contribution is 8.93. The van der Waals surface area contributed by atoms with Gasteiger partial charge in [-0.25, -0.2) is 0 Å². The number of hydrogen-bond donors (Lipinski definition) is 0. The van der Waals surface area contributed by atoms with E-state index >= 15 is 0 Å². The molecular weight excluding hydrogens is 368 g/mol. The lowest BCUT2D eigenvalue weighted by Gasteiger charge is -2.35. The Bertz CT molecular complexity index is 591. The third-order valence-electron chi connectivity index (χ3n) is 4.71. The maximum Gasteiger partial charge on any atom is 0.167 e. The highest BCUT2D eigenvalue weighted by atomic mass is 79.9. The van der Waals surface area contributed by atoms with E-state index in [-0.39, 0.29) is 22.4 Å². The van der Waals surface area contributed by atoms with Gasteiger partial charge in [0.1, 0.15) is 0 Å². The van der Waals surface area contributed by atoms with Crippen molar-refractivity contribution < 1.29 is 0 Å². The molecule has 1 saturated carbocycles. The number of benzene rings is 1. The maximum absolute atomic E-state index is 6.06. The highest BCUT2D eigenvalue weighted by Crippen LogP contribution is 2.51. The lowest BCUT2D eigenvalue weighted by atomic mass is 9.76. The Hall–Kier alpha value is -0.450. The van der Waals surface area contributed by atoms with E-state index in [9.17, 15) is 0 Å². The molecular formula is C16H18BrClN2S. The third-order valence-corrected chi connectivity index (χ3v) is 5.87. The van der Waals surface area contributed by atoms with E-state index in [1.165, 1.54) is 42.1 Å². The summed E-state index contributed by atoms with van der Waals surface area (Å²) >= 11 is 7.86. The molecule has 1 fully saturated rings. The van der Waals surface area contributed by atoms with E-state index in [2.05, 4.69) is 27.4 Å². The molecule has 0 N–H and O–H groups in total. The lowest BCUT2D eigenvalue weighted by Crippen LogP contribution is -2.35. The fourth-order valence-corrected chi connectivity index (χ4v) is 4.91. The van der Waals surface area contributed by atoms with Crippen LogP contribution in [0.2, 0.25) is 5.02 Å². The Kier molecular flexibility index (Phi) is 4.40. The number of thioether (sulfide) groups is 1. The molecule has 0 amide bonds. The van der Waals surface area contributed by atoms with E-state index in [1.807, 2.05) is 12.1 Å². The van der Waals surface area contributed by atoms with Gasteiger partial charge in [-0.1, -0.05) is 48.3 Å². The summed E-state index contributed by atoms with van der Waals surface area (Å²) < 4.78 is 0. The summed E-state index contributed by atoms with van der Waals surface area (Å²) in [5, 5.41) is 4.35. The minimum absolute atomic E-state index is 0. The molecule has 112 valence electrons. The van der Waals surface area contributed by atoms with E-state index in [1.54, 1.807) is 11.8 Å². The van der Waals surface area contributed by atoms with Crippen molar-refractivity contribution in [3.8, 4) is 0 Å². The van der Waals surface area contributed by atoms with Crippen LogP contribution in [0.5, 0.6) is 0 Å². The van der Waals surface area contributed by atoms with Crippen LogP contribution in [0.15, 0.2) is 40.4 Å². The fourth-order valence-electron chi connectivity index (χ4n) is 3.73. The zero-order valence-electron chi connectivity index (χ0n) is 11.7. The number of fused-ring (bicyclic) bond motifs is 1. The van der Waals surface area contributed by atoms with Crippen molar-refractivity contribution in [3.63, 3.8) is 0 Å². The highest BCUT2D eigenvalue weighted by Gasteiger charge is 2.45. The Morgan fingerprint density at radius 3 is 2.57 bits per heavy atom. The molecule has 2 nitrogen and oxygen atoms in total. The smallest absolute Gasteiger partial charge is 0.167 e. The van der Waals surface area contributed by atoms with Crippen LogP contribution in [-0.2, 0) is 5.41 Å². The van der Waals surface area contributed by atoms with Gasteiger partial charge in [0.05, 0.1) is 6.54 Å². The quantitative estimate of drug-likeness (QED) is 0.712. The molecule has 0 bridgehead atoms. The third kappa shape index (κ3) is 2.45. The number of nitrogens with zero attached hydrogens (tertiary/aromatic N) is 2. The molecule has 5 heteroatoms. The van der Waals surface area contributed by atoms with Crippen molar-refractivity contribution >= 4 is 45.5 Å². The minimum atomic E-state index is 0. The number of hydrogen-bond acceptors (Lipinski definition) is 3. The van der Waals surface area contributed by atoms with Crippen molar-refractivity contribution in [1.82, 2.24) is 4.90 Å². The van der Waals surface area contributed by atoms with E-state index in [0.29, 0.717) is 0 Å². The van der Waals surface area contributed by atoms with Crippen LogP contribution in [0.25, 0.3) is 0 Å². The average molecular weight is 386 g/mol. The summed E-state index contributed by atoms with van der Waals surface area (Å²) in [6.45, 7) is 1.99. The molecule has 1 aliphatic carbocycles. The molecule has 1 aromatic rings. The first kappa shape index (κ1) is 15.4. The fraction of sp³-hybridized carbons (Fsp3) is 0.438. The van der Waals surface area contributed by atoms with Crippen molar-refractivity contribution in [2.24, 2.45) is 4.99 Å². The number of aliphatic imine (C=N–C) groups is 1. The second kappa shape index (κ2) is 5.98. The Labute approximate surface area is 145 Å². The molecule has 2 heterocycles. The van der Waals surface area contributed by atoms with Gasteiger partial charge in [0, 0.05) is 22.7 Å². The largest absolute Gasteiger partial charge is 0.321 e. The molecule has 0 aromatic heterocycles. The lowest BCUT2D eigenvalue weighted by molar-refractivity contribution is 0.405. The van der Waals surface area contributed by atoms with Crippen LogP contribution in [0, 0.1) is 0 Å². The van der Waals surface area contributed by atoms with Crippen LogP contribution in [-0.4, -0.2) is 23.2 Å². The number of halogens is 2. The summed E-state index contributed by atoms with van der Waals surface area (Å²) in [7, 11) is 0. The summed E-state index contributed by atoms with van der Waals surface area (Å²) in [6.07, 6.45) is 5.10. The van der Waals surface area contributed by atoms with Gasteiger partial charge in [-0.15, -0.1) is 17.0 Å². The summed E-state index contributed by atoms with van der Waals surface area (Å²) in [5.74, 6) is 0. The summed E-state index contributed by atoms with van der Waals surface area (Å²) in [4.78, 5) is 7.03. The van der Waals surface area contributed by atoms with Gasteiger partial charge in [0.25, 0.3) is 0 Å². The molecule has 2 aliphatic heterocycles. The zero-order chi connectivity index (χ0) is 13.6. The van der Waals surface area contributed by atoms with Crippen LogP contribution >= 0.6 is 40.3 Å². The maximum atomic E-state index is 6.06. The molecule has 0 saturated heterocycles. The second-order valence-corrected chi connectivity index (χ2v) is 7.01. The van der Waals surface area contributed by atoms with Crippen LogP contribution in [0.1, 0.15) is 31.2 Å². The molecule has 21 heavy (non-hydrogen) atoms. The summed E-state index contributed by atoms with van der Waals surface area (Å²) in [6, 6.07) is 8.48. The van der Waals surface area contributed by atoms with E-state index in [4.69, 9.17) is 11.6 Å². The summed E-state index contributed by atoms with van der Waals surface area (Å²) in [5.41, 5.74) is 3.07. The number of allylic oxidation sites excluding steroid dienone is 1. The van der Waals surface area contributed by atoms with Gasteiger partial charge < -0.3 is 4.90 Å². The molecule has 0 unspecified atom stereocenters. The topological polar surface area (TPSA) is 15.6 Å². The van der Waals surface area contributed by atoms with E-state index < -0.39 is 0 Å². The number of amidine groups is 1. The molecule has 0 radical (unpaired) electrons. The van der Waals surface area contributed by atoms with Gasteiger partial charge in [-0.3, -0.25) is 4.99 Å². The monoisotopic (exact) mass is 384 g/mol. The predicted octanol–water partition coefficient (Wildman–Crippen LogP) is 4.99. The Morgan fingerprint density at radius 1 is 1.14 bits per heavy atom. The molecule has 4 rings (SSSR count). The molecule has 1 aromatic carbocycles. The average Bonchev–Trinajstić information content (AvgIpc) is 3.15. The van der Waals surface area contributed by atoms with Gasteiger partial charge in [0.2, 0.25) is 0 Å². The molecule has 0 atom stereocenters. The van der Waals surface area contributed by atoms with Crippen LogP contribution < -0.4 is 0 Å². The molecule has 0 spiro atoms. The van der Waals surface area contributed by atoms with Gasteiger partial charge in [0.15, 0.2) is 5.17 Å². The SMILES string of the molecule is Br.Clc1ccc(C2(C3=CSC4=NCCN34)CCCC2)cc1. The first-order chi connectivity index (χ1) is 9.79. The molecule has 3 aliphatic rings. The Morgan fingerprint density at radius 2 is 1.86 bits per heavy atom. The van der Waals surface area contributed by atoms with Crippen molar-refractivity contribution in [2.75, 3.05) is 13.1 Å². The van der Waals surface area contributed by atoms with Crippen molar-refractivity contribution in [3.05, 3.63) is 46.0 Å². The van der Waals surface area contributed by atoms with Crippen LogP contribution in [0.4, 0.5) is 0 Å². The zero-order valence-corrected chi connectivity index (χ0v) is 15.0. The van der Waals surface area contributed by atoms with Gasteiger partial charge in [-0.2, -0.15) is 0 Å². The van der Waals surface area contributed by atoms with Gasteiger partial charge in [-0.05, 0) is 35.9 Å². The van der Waals surface area contributed by atoms with E-state index in [0.717, 1.165) is 18.1 Å². The predicted molar refractivity (Wildman–Crippen MR) is 96.6 cm³/mol. The second-order valence-electron chi connectivity index (χ2n) is 5.73. The minimum Gasteiger partial charge on any atom is -0.321 e. The standard InChI is InChI=1S/C16H17ClN2S.BrH/c17-13-5-3-12(4-6-13)16(7-1-2-8-16)14-11-20-15-18-9-10-19(14)15;/h3-6,11H,1-2,7-10H2;1H. The van der Waals surface area contributed by atoms with Crippen molar-refractivity contribution in [1.29, 1.82) is 0 Å². The van der Waals surface area contributed by atoms with Crippen LogP contribution in [0.3, 0.4) is 0 Å². The first-order valence-electron chi connectivity index (χ1n) is 7.25. The number of rotatable bonds is 2. The normalized spacial score (nSPS) is 22.6.